The topological polar surface area (TPSA) is 19.9 Å². The van der Waals surface area contributed by atoms with Crippen LogP contribution < -0.4 is 0 Å². The van der Waals surface area contributed by atoms with Crippen LogP contribution in [0.2, 0.25) is 0 Å². The molecule has 0 amide bonds. The lowest BCUT2D eigenvalue weighted by Gasteiger charge is -2.41. The summed E-state index contributed by atoms with van der Waals surface area (Å²) < 4.78 is 0. The number of rotatable bonds is 2. The smallest absolute Gasteiger partial charge is 0.158 e. The van der Waals surface area contributed by atoms with Crippen molar-refractivity contribution in [2.75, 3.05) is 0 Å². The molecule has 0 aromatic rings. The molecule has 0 aliphatic heterocycles. The third-order valence-electron chi connectivity index (χ3n) is 2.76. The molecule has 1 saturated carbocycles. The Balaban J connectivity index is 2.57. The molecule has 0 N–H and O–H groups in total. The van der Waals surface area contributed by atoms with Gasteiger partial charge in [0, 0.05) is 5.41 Å². The maximum atomic E-state index is 11.2. The Morgan fingerprint density at radius 3 is 2.40 bits per heavy atom. The summed E-state index contributed by atoms with van der Waals surface area (Å²) in [6.07, 6.45) is 8.55. The molecule has 0 bridgehead atoms. The predicted octanol–water partition coefficient (Wildman–Crippen LogP) is 2.00. The van der Waals surface area contributed by atoms with Gasteiger partial charge in [-0.15, -0.1) is 6.42 Å². The first-order chi connectivity index (χ1) is 4.75. The molecule has 1 rings (SSSR count). The van der Waals surface area contributed by atoms with Gasteiger partial charge in [-0.05, 0) is 19.3 Å². The van der Waals surface area contributed by atoms with Gasteiger partial charge in [0.25, 0.3) is 0 Å². The highest BCUT2D eigenvalue weighted by atomic mass is 16.3. The zero-order chi connectivity index (χ0) is 7.61. The molecule has 0 aromatic heterocycles. The number of hydrogen-bond acceptors (Lipinski definition) is 0. The summed E-state index contributed by atoms with van der Waals surface area (Å²) in [5, 5.41) is 11.2. The molecule has 0 aromatic carbocycles. The van der Waals surface area contributed by atoms with Gasteiger partial charge in [-0.1, -0.05) is 19.3 Å². The summed E-state index contributed by atoms with van der Waals surface area (Å²) >= 11 is 0. The van der Waals surface area contributed by atoms with E-state index in [1.54, 1.807) is 0 Å². The van der Waals surface area contributed by atoms with Crippen LogP contribution in [0.25, 0.3) is 0 Å². The van der Waals surface area contributed by atoms with Crippen molar-refractivity contribution >= 4 is 0 Å². The third kappa shape index (κ3) is 0.932. The fraction of sp³-hybridized carbons (Fsp3) is 0.778. The Bertz CT molecular complexity index is 145. The van der Waals surface area contributed by atoms with E-state index in [9.17, 15) is 5.11 Å². The number of terminal acetylenes is 1. The first-order valence-corrected chi connectivity index (χ1v) is 3.87. The van der Waals surface area contributed by atoms with Gasteiger partial charge < -0.3 is 0 Å². The maximum Gasteiger partial charge on any atom is 0.158 e. The van der Waals surface area contributed by atoms with E-state index in [1.807, 2.05) is 0 Å². The van der Waals surface area contributed by atoms with Gasteiger partial charge in [0.2, 0.25) is 0 Å². The fourth-order valence-electron chi connectivity index (χ4n) is 1.61. The van der Waals surface area contributed by atoms with Gasteiger partial charge in [-0.25, -0.2) is 5.11 Å². The second-order valence-electron chi connectivity index (χ2n) is 3.12. The summed E-state index contributed by atoms with van der Waals surface area (Å²) in [5.74, 6) is 2.30. The molecular weight excluding hydrogens is 124 g/mol. The third-order valence-corrected chi connectivity index (χ3v) is 2.76. The van der Waals surface area contributed by atoms with Crippen LogP contribution in [0, 0.1) is 17.8 Å². The minimum absolute atomic E-state index is 0.0191. The van der Waals surface area contributed by atoms with Gasteiger partial charge in [0.05, 0.1) is 0 Å². The van der Waals surface area contributed by atoms with E-state index in [-0.39, 0.29) is 5.41 Å². The molecule has 1 aliphatic carbocycles. The molecule has 0 heterocycles. The molecule has 1 atom stereocenters. The van der Waals surface area contributed by atoms with Crippen LogP contribution >= 0.6 is 0 Å². The SMILES string of the molecule is C#CC([O])C1(CC)CCC1. The fourth-order valence-corrected chi connectivity index (χ4v) is 1.61. The van der Waals surface area contributed by atoms with E-state index in [2.05, 4.69) is 12.8 Å². The minimum Gasteiger partial charge on any atom is -0.218 e. The molecule has 1 unspecified atom stereocenters. The van der Waals surface area contributed by atoms with E-state index in [1.165, 1.54) is 6.42 Å². The van der Waals surface area contributed by atoms with Crippen molar-refractivity contribution in [2.45, 2.75) is 38.7 Å². The molecule has 0 saturated heterocycles. The first kappa shape index (κ1) is 7.63. The number of hydrogen-bond donors (Lipinski definition) is 0. The quantitative estimate of drug-likeness (QED) is 0.519. The van der Waals surface area contributed by atoms with Crippen LogP contribution in [-0.2, 0) is 5.11 Å². The molecule has 55 valence electrons. The van der Waals surface area contributed by atoms with Crippen LogP contribution in [0.1, 0.15) is 32.6 Å². The van der Waals surface area contributed by atoms with Crippen molar-refractivity contribution < 1.29 is 5.11 Å². The highest BCUT2D eigenvalue weighted by Gasteiger charge is 2.41. The molecule has 1 radical (unpaired) electrons. The van der Waals surface area contributed by atoms with Gasteiger partial charge in [-0.3, -0.25) is 0 Å². The van der Waals surface area contributed by atoms with E-state index in [0.29, 0.717) is 0 Å². The van der Waals surface area contributed by atoms with Gasteiger partial charge >= 0.3 is 0 Å². The molecule has 1 nitrogen and oxygen atoms in total. The van der Waals surface area contributed by atoms with E-state index < -0.39 is 6.10 Å². The molecule has 1 aliphatic rings. The monoisotopic (exact) mass is 137 g/mol. The largest absolute Gasteiger partial charge is 0.218 e. The molecule has 0 spiro atoms. The lowest BCUT2D eigenvalue weighted by Crippen LogP contribution is -2.39. The summed E-state index contributed by atoms with van der Waals surface area (Å²) in [5.41, 5.74) is -0.0191. The summed E-state index contributed by atoms with van der Waals surface area (Å²) in [6.45, 7) is 2.06. The van der Waals surface area contributed by atoms with Crippen molar-refractivity contribution in [1.82, 2.24) is 0 Å². The lowest BCUT2D eigenvalue weighted by molar-refractivity contribution is -0.0418. The summed E-state index contributed by atoms with van der Waals surface area (Å²) in [7, 11) is 0. The average Bonchev–Trinajstić information content (AvgIpc) is 1.86. The van der Waals surface area contributed by atoms with Crippen molar-refractivity contribution in [3.8, 4) is 12.3 Å². The van der Waals surface area contributed by atoms with Gasteiger partial charge in [0.15, 0.2) is 6.10 Å². The molecule has 10 heavy (non-hydrogen) atoms. The second kappa shape index (κ2) is 2.64. The van der Waals surface area contributed by atoms with Gasteiger partial charge in [0.1, 0.15) is 0 Å². The normalized spacial score (nSPS) is 24.5. The predicted molar refractivity (Wildman–Crippen MR) is 39.9 cm³/mol. The molecule has 1 fully saturated rings. The Morgan fingerprint density at radius 2 is 2.30 bits per heavy atom. The second-order valence-corrected chi connectivity index (χ2v) is 3.12. The zero-order valence-corrected chi connectivity index (χ0v) is 6.39. The van der Waals surface area contributed by atoms with Crippen molar-refractivity contribution in [2.24, 2.45) is 5.41 Å². The highest BCUT2D eigenvalue weighted by molar-refractivity contribution is 5.06. The lowest BCUT2D eigenvalue weighted by atomic mass is 9.64. The van der Waals surface area contributed by atoms with Crippen LogP contribution in [0.4, 0.5) is 0 Å². The maximum absolute atomic E-state index is 11.2. The van der Waals surface area contributed by atoms with Crippen molar-refractivity contribution in [3.63, 3.8) is 0 Å². The van der Waals surface area contributed by atoms with Crippen LogP contribution in [0.15, 0.2) is 0 Å². The van der Waals surface area contributed by atoms with Crippen molar-refractivity contribution in [3.05, 3.63) is 0 Å². The Labute approximate surface area is 62.4 Å². The Kier molecular flexibility index (Phi) is 2.01. The van der Waals surface area contributed by atoms with Crippen molar-refractivity contribution in [1.29, 1.82) is 0 Å². The Hall–Kier alpha value is -0.480. The molecule has 1 heteroatoms. The van der Waals surface area contributed by atoms with E-state index >= 15 is 0 Å². The zero-order valence-electron chi connectivity index (χ0n) is 6.39. The minimum atomic E-state index is -0.758. The van der Waals surface area contributed by atoms with Crippen LogP contribution in [0.3, 0.4) is 0 Å². The van der Waals surface area contributed by atoms with E-state index in [0.717, 1.165) is 19.3 Å². The standard InChI is InChI=1S/C9H13O/c1-3-8(10)9(4-2)6-5-7-9/h1,8H,4-7H2,2H3. The summed E-state index contributed by atoms with van der Waals surface area (Å²) in [6, 6.07) is 0. The molecular formula is C9H13O. The average molecular weight is 137 g/mol. The first-order valence-electron chi connectivity index (χ1n) is 3.87. The van der Waals surface area contributed by atoms with Crippen LogP contribution in [0.5, 0.6) is 0 Å². The summed E-state index contributed by atoms with van der Waals surface area (Å²) in [4.78, 5) is 0. The van der Waals surface area contributed by atoms with E-state index in [4.69, 9.17) is 6.42 Å². The van der Waals surface area contributed by atoms with Gasteiger partial charge in [-0.2, -0.15) is 0 Å². The highest BCUT2D eigenvalue weighted by Crippen LogP contribution is 2.46. The van der Waals surface area contributed by atoms with Crippen LogP contribution in [-0.4, -0.2) is 6.10 Å². The Morgan fingerprint density at radius 1 is 1.70 bits per heavy atom.